The van der Waals surface area contributed by atoms with Crippen LogP contribution in [0.5, 0.6) is 0 Å². The summed E-state index contributed by atoms with van der Waals surface area (Å²) in [7, 11) is 0. The molecule has 0 bridgehead atoms. The van der Waals surface area contributed by atoms with Crippen molar-refractivity contribution in [2.45, 2.75) is 39.2 Å². The molecule has 18 heavy (non-hydrogen) atoms. The van der Waals surface area contributed by atoms with Crippen molar-refractivity contribution in [1.29, 1.82) is 0 Å². The van der Waals surface area contributed by atoms with E-state index in [4.69, 9.17) is 10.8 Å². The summed E-state index contributed by atoms with van der Waals surface area (Å²) in [5, 5.41) is 11.2. The maximum atomic E-state index is 11.8. The number of primary amides is 1. The Hall–Kier alpha value is -1.79. The molecule has 0 rings (SSSR count). The maximum Gasteiger partial charge on any atom is 0.326 e. The van der Waals surface area contributed by atoms with Gasteiger partial charge in [-0.1, -0.05) is 13.8 Å². The van der Waals surface area contributed by atoms with Gasteiger partial charge < -0.3 is 21.1 Å². The van der Waals surface area contributed by atoms with Gasteiger partial charge in [0.25, 0.3) is 0 Å². The van der Waals surface area contributed by atoms with Crippen molar-refractivity contribution in [2.24, 2.45) is 5.73 Å². The smallest absolute Gasteiger partial charge is 0.326 e. The largest absolute Gasteiger partial charge is 0.480 e. The number of aliphatic carboxylic acids is 1. The monoisotopic (exact) mass is 259 g/mol. The number of urea groups is 1. The average Bonchev–Trinajstić information content (AvgIpc) is 2.27. The Kier molecular flexibility index (Phi) is 7.50. The van der Waals surface area contributed by atoms with E-state index in [9.17, 15) is 14.4 Å². The first-order valence-corrected chi connectivity index (χ1v) is 5.98. The van der Waals surface area contributed by atoms with Crippen molar-refractivity contribution in [3.8, 4) is 0 Å². The number of carbonyl (C=O) groups is 3. The van der Waals surface area contributed by atoms with Gasteiger partial charge in [-0.15, -0.1) is 0 Å². The molecule has 0 radical (unpaired) electrons. The van der Waals surface area contributed by atoms with E-state index in [0.29, 0.717) is 13.1 Å². The first kappa shape index (κ1) is 16.2. The third-order valence-corrected chi connectivity index (χ3v) is 2.28. The molecule has 0 aromatic heterocycles. The molecular formula is C11H21N3O4. The van der Waals surface area contributed by atoms with E-state index in [1.807, 2.05) is 13.8 Å². The summed E-state index contributed by atoms with van der Waals surface area (Å²) in [6.45, 7) is 4.94. The Balaban J connectivity index is 4.54. The van der Waals surface area contributed by atoms with E-state index in [0.717, 1.165) is 12.8 Å². The lowest BCUT2D eigenvalue weighted by Gasteiger charge is -2.24. The number of carboxylic acid groups (broad SMARTS) is 1. The first-order valence-electron chi connectivity index (χ1n) is 5.98. The number of hydrogen-bond acceptors (Lipinski definition) is 3. The number of hydrogen-bond donors (Lipinski definition) is 3. The SMILES string of the molecule is CCCN(CCC)C(=O)N[C@H](CC(N)=O)C(=O)O. The van der Waals surface area contributed by atoms with Crippen LogP contribution in [-0.2, 0) is 9.59 Å². The summed E-state index contributed by atoms with van der Waals surface area (Å²) in [5.41, 5.74) is 4.93. The van der Waals surface area contributed by atoms with Crippen molar-refractivity contribution in [3.63, 3.8) is 0 Å². The first-order chi connectivity index (χ1) is 8.42. The molecule has 0 aromatic carbocycles. The second kappa shape index (κ2) is 8.32. The lowest BCUT2D eigenvalue weighted by molar-refractivity contribution is -0.140. The highest BCUT2D eigenvalue weighted by atomic mass is 16.4. The number of nitrogens with zero attached hydrogens (tertiary/aromatic N) is 1. The number of nitrogens with two attached hydrogens (primary N) is 1. The van der Waals surface area contributed by atoms with Gasteiger partial charge in [-0.2, -0.15) is 0 Å². The summed E-state index contributed by atoms with van der Waals surface area (Å²) in [5.74, 6) is -2.03. The zero-order chi connectivity index (χ0) is 14.1. The van der Waals surface area contributed by atoms with E-state index in [2.05, 4.69) is 5.32 Å². The summed E-state index contributed by atoms with van der Waals surface area (Å²) >= 11 is 0. The molecule has 1 atom stereocenters. The van der Waals surface area contributed by atoms with Gasteiger partial charge in [-0.25, -0.2) is 9.59 Å². The van der Waals surface area contributed by atoms with Crippen molar-refractivity contribution < 1.29 is 19.5 Å². The topological polar surface area (TPSA) is 113 Å². The van der Waals surface area contributed by atoms with E-state index in [1.165, 1.54) is 4.90 Å². The molecule has 7 nitrogen and oxygen atoms in total. The molecule has 0 heterocycles. The summed E-state index contributed by atoms with van der Waals surface area (Å²) in [6.07, 6.45) is 1.15. The van der Waals surface area contributed by atoms with Crippen LogP contribution in [0, 0.1) is 0 Å². The number of carboxylic acids is 1. The van der Waals surface area contributed by atoms with Crippen LogP contribution in [0.1, 0.15) is 33.1 Å². The molecule has 0 fully saturated rings. The molecule has 7 heteroatoms. The van der Waals surface area contributed by atoms with Gasteiger partial charge in [-0.05, 0) is 12.8 Å². The molecule has 4 N–H and O–H groups in total. The lowest BCUT2D eigenvalue weighted by Crippen LogP contribution is -2.49. The highest BCUT2D eigenvalue weighted by Crippen LogP contribution is 1.99. The van der Waals surface area contributed by atoms with E-state index in [1.54, 1.807) is 0 Å². The lowest BCUT2D eigenvalue weighted by atomic mass is 10.2. The van der Waals surface area contributed by atoms with Crippen molar-refractivity contribution >= 4 is 17.9 Å². The zero-order valence-electron chi connectivity index (χ0n) is 10.8. The maximum absolute atomic E-state index is 11.8. The van der Waals surface area contributed by atoms with E-state index >= 15 is 0 Å². The van der Waals surface area contributed by atoms with Gasteiger partial charge in [0.1, 0.15) is 6.04 Å². The molecule has 0 aliphatic carbocycles. The fourth-order valence-electron chi connectivity index (χ4n) is 1.50. The van der Waals surface area contributed by atoms with Crippen LogP contribution < -0.4 is 11.1 Å². The highest BCUT2D eigenvalue weighted by Gasteiger charge is 2.24. The van der Waals surface area contributed by atoms with E-state index in [-0.39, 0.29) is 0 Å². The van der Waals surface area contributed by atoms with Crippen LogP contribution in [0.3, 0.4) is 0 Å². The molecule has 0 saturated heterocycles. The third kappa shape index (κ3) is 6.07. The van der Waals surface area contributed by atoms with Crippen LogP contribution in [-0.4, -0.2) is 47.0 Å². The molecular weight excluding hydrogens is 238 g/mol. The minimum absolute atomic E-state index is 0.410. The molecule has 0 aromatic rings. The molecule has 0 saturated carbocycles. The zero-order valence-corrected chi connectivity index (χ0v) is 10.8. The molecule has 0 aliphatic heterocycles. The van der Waals surface area contributed by atoms with Crippen molar-refractivity contribution in [3.05, 3.63) is 0 Å². The Morgan fingerprint density at radius 2 is 1.72 bits per heavy atom. The van der Waals surface area contributed by atoms with Gasteiger partial charge in [0.2, 0.25) is 5.91 Å². The number of nitrogens with one attached hydrogen (secondary N) is 1. The number of rotatable bonds is 8. The van der Waals surface area contributed by atoms with Crippen molar-refractivity contribution in [2.75, 3.05) is 13.1 Å². The predicted molar refractivity (Wildman–Crippen MR) is 65.9 cm³/mol. The minimum atomic E-state index is -1.27. The van der Waals surface area contributed by atoms with Gasteiger partial charge in [0, 0.05) is 13.1 Å². The molecule has 0 spiro atoms. The minimum Gasteiger partial charge on any atom is -0.480 e. The van der Waals surface area contributed by atoms with Crippen LogP contribution in [0.2, 0.25) is 0 Å². The van der Waals surface area contributed by atoms with Gasteiger partial charge in [0.15, 0.2) is 0 Å². The highest BCUT2D eigenvalue weighted by molar-refractivity contribution is 5.87. The van der Waals surface area contributed by atoms with Crippen LogP contribution in [0.4, 0.5) is 4.79 Å². The molecule has 0 aliphatic rings. The molecule has 104 valence electrons. The van der Waals surface area contributed by atoms with Gasteiger partial charge in [-0.3, -0.25) is 4.79 Å². The Labute approximate surface area is 106 Å². The van der Waals surface area contributed by atoms with Gasteiger partial charge in [0.05, 0.1) is 6.42 Å². The predicted octanol–water partition coefficient (Wildman–Crippen LogP) is 0.147. The fourth-order valence-corrected chi connectivity index (χ4v) is 1.50. The standard InChI is InChI=1S/C11H21N3O4/c1-3-5-14(6-4-2)11(18)13-8(10(16)17)7-9(12)15/h8H,3-7H2,1-2H3,(H2,12,15)(H,13,18)(H,16,17)/t8-/m1/s1. The third-order valence-electron chi connectivity index (χ3n) is 2.28. The van der Waals surface area contributed by atoms with Crippen LogP contribution in [0.25, 0.3) is 0 Å². The Bertz CT molecular complexity index is 301. The van der Waals surface area contributed by atoms with E-state index < -0.39 is 30.4 Å². The quantitative estimate of drug-likeness (QED) is 0.575. The normalized spacial score (nSPS) is 11.7. The fraction of sp³-hybridized carbons (Fsp3) is 0.727. The Morgan fingerprint density at radius 3 is 2.06 bits per heavy atom. The summed E-state index contributed by atoms with van der Waals surface area (Å²) in [6, 6.07) is -1.75. The number of amides is 3. The van der Waals surface area contributed by atoms with Crippen molar-refractivity contribution in [1.82, 2.24) is 10.2 Å². The molecule has 0 unspecified atom stereocenters. The second-order valence-corrected chi connectivity index (χ2v) is 4.00. The number of carbonyl (C=O) groups excluding carboxylic acids is 2. The van der Waals surface area contributed by atoms with Gasteiger partial charge >= 0.3 is 12.0 Å². The van der Waals surface area contributed by atoms with Crippen LogP contribution >= 0.6 is 0 Å². The average molecular weight is 259 g/mol. The Morgan fingerprint density at radius 1 is 1.22 bits per heavy atom. The van der Waals surface area contributed by atoms with Crippen LogP contribution in [0.15, 0.2) is 0 Å². The summed E-state index contributed by atoms with van der Waals surface area (Å²) in [4.78, 5) is 34.9. The molecule has 3 amide bonds. The summed E-state index contributed by atoms with van der Waals surface area (Å²) < 4.78 is 0. The second-order valence-electron chi connectivity index (χ2n) is 4.00.